The highest BCUT2D eigenvalue weighted by atomic mass is 32.2. The summed E-state index contributed by atoms with van der Waals surface area (Å²) in [6.07, 6.45) is 3.99. The van der Waals surface area contributed by atoms with Crippen LogP contribution < -0.4 is 4.74 Å². The van der Waals surface area contributed by atoms with E-state index in [1.807, 2.05) is 30.5 Å². The second-order valence-corrected chi connectivity index (χ2v) is 4.25. The molecule has 1 aromatic rings. The first-order valence-electron chi connectivity index (χ1n) is 4.65. The van der Waals surface area contributed by atoms with Crippen LogP contribution in [0.25, 0.3) is 0 Å². The van der Waals surface area contributed by atoms with Gasteiger partial charge < -0.3 is 4.74 Å². The smallest absolute Gasteiger partial charge is 0.314 e. The van der Waals surface area contributed by atoms with Crippen LogP contribution in [-0.4, -0.2) is 12.2 Å². The molecule has 2 rings (SSSR count). The van der Waals surface area contributed by atoms with Gasteiger partial charge in [-0.15, -0.1) is 11.8 Å². The fourth-order valence-corrected chi connectivity index (χ4v) is 1.57. The van der Waals surface area contributed by atoms with E-state index in [1.54, 1.807) is 11.8 Å². The summed E-state index contributed by atoms with van der Waals surface area (Å²) < 4.78 is 5.19. The molecule has 0 bridgehead atoms. The van der Waals surface area contributed by atoms with E-state index in [-0.39, 0.29) is 11.9 Å². The normalized spacial score (nSPS) is 15.2. The van der Waals surface area contributed by atoms with Gasteiger partial charge in [-0.3, -0.25) is 4.79 Å². The molecule has 1 fully saturated rings. The number of carbonyl (C=O) groups is 1. The van der Waals surface area contributed by atoms with E-state index in [9.17, 15) is 4.79 Å². The van der Waals surface area contributed by atoms with Crippen LogP contribution in [0.5, 0.6) is 5.75 Å². The SMILES string of the molecule is CSc1ccc(OC(=O)C2CC2)cc1. The molecule has 0 spiro atoms. The summed E-state index contributed by atoms with van der Waals surface area (Å²) in [5, 5.41) is 0. The average molecular weight is 208 g/mol. The molecule has 1 aliphatic rings. The van der Waals surface area contributed by atoms with Crippen molar-refractivity contribution in [3.63, 3.8) is 0 Å². The predicted octanol–water partition coefficient (Wildman–Crippen LogP) is 2.72. The minimum Gasteiger partial charge on any atom is -0.426 e. The van der Waals surface area contributed by atoms with Gasteiger partial charge in [-0.1, -0.05) is 0 Å². The van der Waals surface area contributed by atoms with E-state index < -0.39 is 0 Å². The van der Waals surface area contributed by atoms with E-state index in [0.29, 0.717) is 5.75 Å². The van der Waals surface area contributed by atoms with Crippen molar-refractivity contribution in [3.8, 4) is 5.75 Å². The Morgan fingerprint density at radius 2 is 2.00 bits per heavy atom. The Kier molecular flexibility index (Phi) is 2.77. The minimum absolute atomic E-state index is 0.0816. The monoisotopic (exact) mass is 208 g/mol. The third-order valence-electron chi connectivity index (χ3n) is 2.19. The van der Waals surface area contributed by atoms with Gasteiger partial charge in [0.2, 0.25) is 0 Å². The third-order valence-corrected chi connectivity index (χ3v) is 2.93. The van der Waals surface area contributed by atoms with Crippen molar-refractivity contribution in [1.82, 2.24) is 0 Å². The second kappa shape index (κ2) is 4.05. The lowest BCUT2D eigenvalue weighted by molar-refractivity contribution is -0.135. The quantitative estimate of drug-likeness (QED) is 0.434. The standard InChI is InChI=1S/C11H12O2S/c1-14-10-6-4-9(5-7-10)13-11(12)8-2-3-8/h4-8H,2-3H2,1H3. The zero-order chi connectivity index (χ0) is 9.97. The van der Waals surface area contributed by atoms with Gasteiger partial charge in [0.05, 0.1) is 5.92 Å². The lowest BCUT2D eigenvalue weighted by Gasteiger charge is -2.03. The second-order valence-electron chi connectivity index (χ2n) is 3.37. The molecule has 0 aromatic heterocycles. The van der Waals surface area contributed by atoms with Gasteiger partial charge in [0, 0.05) is 4.90 Å². The Hall–Kier alpha value is -0.960. The number of rotatable bonds is 3. The van der Waals surface area contributed by atoms with Crippen LogP contribution in [0.4, 0.5) is 0 Å². The Labute approximate surface area is 87.6 Å². The number of thioether (sulfide) groups is 1. The topological polar surface area (TPSA) is 26.3 Å². The molecule has 1 aromatic carbocycles. The maximum absolute atomic E-state index is 11.3. The molecule has 3 heteroatoms. The van der Waals surface area contributed by atoms with Crippen molar-refractivity contribution in [2.75, 3.05) is 6.26 Å². The molecule has 0 radical (unpaired) electrons. The number of carbonyl (C=O) groups excluding carboxylic acids is 1. The Morgan fingerprint density at radius 3 is 2.50 bits per heavy atom. The molecular formula is C11H12O2S. The van der Waals surface area contributed by atoms with Crippen LogP contribution in [-0.2, 0) is 4.79 Å². The summed E-state index contributed by atoms with van der Waals surface area (Å²) in [5.74, 6) is 0.733. The molecule has 2 nitrogen and oxygen atoms in total. The zero-order valence-electron chi connectivity index (χ0n) is 8.03. The largest absolute Gasteiger partial charge is 0.426 e. The zero-order valence-corrected chi connectivity index (χ0v) is 8.84. The van der Waals surface area contributed by atoms with Crippen molar-refractivity contribution in [2.45, 2.75) is 17.7 Å². The molecule has 0 heterocycles. The fourth-order valence-electron chi connectivity index (χ4n) is 1.16. The molecule has 1 aliphatic carbocycles. The molecule has 0 saturated heterocycles. The summed E-state index contributed by atoms with van der Waals surface area (Å²) in [6.45, 7) is 0. The number of hydrogen-bond acceptors (Lipinski definition) is 3. The minimum atomic E-state index is -0.0816. The van der Waals surface area contributed by atoms with Crippen molar-refractivity contribution in [3.05, 3.63) is 24.3 Å². The molecule has 0 unspecified atom stereocenters. The molecule has 1 saturated carbocycles. The van der Waals surface area contributed by atoms with Crippen LogP contribution >= 0.6 is 11.8 Å². The molecule has 0 aliphatic heterocycles. The van der Waals surface area contributed by atoms with Crippen molar-refractivity contribution < 1.29 is 9.53 Å². The summed E-state index contributed by atoms with van der Waals surface area (Å²) in [7, 11) is 0. The van der Waals surface area contributed by atoms with E-state index in [1.165, 1.54) is 4.90 Å². The van der Waals surface area contributed by atoms with Crippen LogP contribution in [0, 0.1) is 5.92 Å². The summed E-state index contributed by atoms with van der Waals surface area (Å²) in [6, 6.07) is 7.60. The molecule has 0 amide bonds. The van der Waals surface area contributed by atoms with E-state index in [2.05, 4.69) is 0 Å². The third kappa shape index (κ3) is 2.29. The molecule has 0 atom stereocenters. The average Bonchev–Trinajstić information content (AvgIpc) is 3.02. The van der Waals surface area contributed by atoms with E-state index in [0.717, 1.165) is 12.8 Å². The van der Waals surface area contributed by atoms with Crippen LogP contribution in [0.15, 0.2) is 29.2 Å². The van der Waals surface area contributed by atoms with E-state index >= 15 is 0 Å². The Morgan fingerprint density at radius 1 is 1.36 bits per heavy atom. The Bertz CT molecular complexity index is 328. The first-order valence-corrected chi connectivity index (χ1v) is 5.88. The van der Waals surface area contributed by atoms with Gasteiger partial charge >= 0.3 is 5.97 Å². The van der Waals surface area contributed by atoms with Crippen molar-refractivity contribution in [2.24, 2.45) is 5.92 Å². The summed E-state index contributed by atoms with van der Waals surface area (Å²) >= 11 is 1.67. The fraction of sp³-hybridized carbons (Fsp3) is 0.364. The summed E-state index contributed by atoms with van der Waals surface area (Å²) in [4.78, 5) is 12.5. The highest BCUT2D eigenvalue weighted by Gasteiger charge is 2.31. The van der Waals surface area contributed by atoms with E-state index in [4.69, 9.17) is 4.74 Å². The van der Waals surface area contributed by atoms with Crippen molar-refractivity contribution >= 4 is 17.7 Å². The maximum Gasteiger partial charge on any atom is 0.314 e. The molecule has 74 valence electrons. The lowest BCUT2D eigenvalue weighted by atomic mass is 10.3. The number of esters is 1. The van der Waals surface area contributed by atoms with Crippen LogP contribution in [0.3, 0.4) is 0 Å². The lowest BCUT2D eigenvalue weighted by Crippen LogP contribution is -2.09. The van der Waals surface area contributed by atoms with Gasteiger partial charge in [0.25, 0.3) is 0 Å². The summed E-state index contributed by atoms with van der Waals surface area (Å²) in [5.41, 5.74) is 0. The van der Waals surface area contributed by atoms with Crippen LogP contribution in [0.2, 0.25) is 0 Å². The van der Waals surface area contributed by atoms with Crippen LogP contribution in [0.1, 0.15) is 12.8 Å². The first-order chi connectivity index (χ1) is 6.79. The van der Waals surface area contributed by atoms with Crippen molar-refractivity contribution in [1.29, 1.82) is 0 Å². The maximum atomic E-state index is 11.3. The highest BCUT2D eigenvalue weighted by Crippen LogP contribution is 2.31. The van der Waals surface area contributed by atoms with Gasteiger partial charge in [-0.05, 0) is 43.4 Å². The predicted molar refractivity (Wildman–Crippen MR) is 56.6 cm³/mol. The first kappa shape index (κ1) is 9.59. The Balaban J connectivity index is 1.98. The number of ether oxygens (including phenoxy) is 1. The van der Waals surface area contributed by atoms with Gasteiger partial charge in [-0.25, -0.2) is 0 Å². The van der Waals surface area contributed by atoms with Gasteiger partial charge in [0.15, 0.2) is 0 Å². The molecular weight excluding hydrogens is 196 g/mol. The highest BCUT2D eigenvalue weighted by molar-refractivity contribution is 7.98. The number of benzene rings is 1. The van der Waals surface area contributed by atoms with Gasteiger partial charge in [0.1, 0.15) is 5.75 Å². The molecule has 14 heavy (non-hydrogen) atoms. The molecule has 0 N–H and O–H groups in total. The number of hydrogen-bond donors (Lipinski definition) is 0. The van der Waals surface area contributed by atoms with Gasteiger partial charge in [-0.2, -0.15) is 0 Å².